The Balaban J connectivity index is 2.15. The molecule has 1 aromatic carbocycles. The topological polar surface area (TPSA) is 104 Å². The summed E-state index contributed by atoms with van der Waals surface area (Å²) in [6.07, 6.45) is 1.37. The lowest BCUT2D eigenvalue weighted by Crippen LogP contribution is -2.37. The number of aliphatic carboxylic acids is 1. The number of sulfonamides is 1. The average molecular weight is 315 g/mol. The number of aliphatic hydroxyl groups is 1. The van der Waals surface area contributed by atoms with Crippen LogP contribution in [0.1, 0.15) is 12.8 Å². The van der Waals surface area contributed by atoms with Crippen molar-refractivity contribution < 1.29 is 28.2 Å². The number of rotatable bonds is 6. The number of carboxylic acid groups (broad SMARTS) is 1. The third-order valence-corrected chi connectivity index (χ3v) is 5.29. The summed E-state index contributed by atoms with van der Waals surface area (Å²) < 4.78 is 31.2. The Morgan fingerprint density at radius 1 is 1.33 bits per heavy atom. The summed E-state index contributed by atoms with van der Waals surface area (Å²) >= 11 is 0. The van der Waals surface area contributed by atoms with E-state index in [1.165, 1.54) is 28.6 Å². The predicted molar refractivity (Wildman–Crippen MR) is 73.6 cm³/mol. The quantitative estimate of drug-likeness (QED) is 0.782. The zero-order valence-corrected chi connectivity index (χ0v) is 12.1. The summed E-state index contributed by atoms with van der Waals surface area (Å²) in [7, 11) is -3.65. The van der Waals surface area contributed by atoms with Gasteiger partial charge in [0.1, 0.15) is 5.75 Å². The van der Waals surface area contributed by atoms with Crippen molar-refractivity contribution >= 4 is 16.0 Å². The molecule has 0 radical (unpaired) electrons. The molecule has 7 nitrogen and oxygen atoms in total. The highest BCUT2D eigenvalue weighted by Gasteiger charge is 2.34. The van der Waals surface area contributed by atoms with E-state index < -0.39 is 22.6 Å². The Morgan fingerprint density at radius 3 is 2.57 bits per heavy atom. The van der Waals surface area contributed by atoms with E-state index in [0.717, 1.165) is 6.42 Å². The van der Waals surface area contributed by atoms with Crippen LogP contribution in [0.2, 0.25) is 0 Å². The van der Waals surface area contributed by atoms with Crippen LogP contribution in [0, 0.1) is 0 Å². The van der Waals surface area contributed by atoms with E-state index in [1.54, 1.807) is 0 Å². The minimum absolute atomic E-state index is 0.102. The van der Waals surface area contributed by atoms with Gasteiger partial charge in [-0.15, -0.1) is 0 Å². The second-order valence-corrected chi connectivity index (χ2v) is 6.64. The van der Waals surface area contributed by atoms with E-state index in [2.05, 4.69) is 0 Å². The van der Waals surface area contributed by atoms with Crippen molar-refractivity contribution in [1.82, 2.24) is 4.31 Å². The van der Waals surface area contributed by atoms with Crippen LogP contribution >= 0.6 is 0 Å². The molecule has 1 aliphatic rings. The predicted octanol–water partition coefficient (Wildman–Crippen LogP) is 0.295. The van der Waals surface area contributed by atoms with Crippen LogP contribution in [0.5, 0.6) is 5.75 Å². The van der Waals surface area contributed by atoms with E-state index in [4.69, 9.17) is 9.84 Å². The Labute approximate surface area is 122 Å². The van der Waals surface area contributed by atoms with E-state index in [0.29, 0.717) is 13.0 Å². The minimum Gasteiger partial charge on any atom is -0.482 e. The van der Waals surface area contributed by atoms with E-state index in [-0.39, 0.29) is 23.3 Å². The fourth-order valence-electron chi connectivity index (χ4n) is 2.30. The number of carbonyl (C=O) groups is 1. The summed E-state index contributed by atoms with van der Waals surface area (Å²) in [5.74, 6) is -0.814. The van der Waals surface area contributed by atoms with Gasteiger partial charge in [-0.2, -0.15) is 4.31 Å². The van der Waals surface area contributed by atoms with Gasteiger partial charge in [-0.1, -0.05) is 0 Å². The van der Waals surface area contributed by atoms with Gasteiger partial charge in [0.15, 0.2) is 6.61 Å². The monoisotopic (exact) mass is 315 g/mol. The van der Waals surface area contributed by atoms with Gasteiger partial charge in [0.2, 0.25) is 10.0 Å². The Hall–Kier alpha value is -1.64. The van der Waals surface area contributed by atoms with Crippen LogP contribution in [0.4, 0.5) is 0 Å². The second kappa shape index (κ2) is 6.42. The Kier molecular flexibility index (Phi) is 4.81. The largest absolute Gasteiger partial charge is 0.482 e. The molecule has 8 heteroatoms. The lowest BCUT2D eigenvalue weighted by atomic mass is 10.2. The van der Waals surface area contributed by atoms with Crippen LogP contribution in [-0.4, -0.2) is 54.7 Å². The molecular formula is C13H17NO6S. The molecule has 2 N–H and O–H groups in total. The van der Waals surface area contributed by atoms with Crippen molar-refractivity contribution in [2.75, 3.05) is 19.8 Å². The van der Waals surface area contributed by atoms with Crippen molar-refractivity contribution in [2.24, 2.45) is 0 Å². The molecular weight excluding hydrogens is 298 g/mol. The van der Waals surface area contributed by atoms with Crippen LogP contribution in [0.25, 0.3) is 0 Å². The summed E-state index contributed by atoms with van der Waals surface area (Å²) in [6.45, 7) is -0.283. The summed E-state index contributed by atoms with van der Waals surface area (Å²) in [5.41, 5.74) is 0. The first-order valence-corrected chi connectivity index (χ1v) is 7.96. The maximum absolute atomic E-state index is 12.5. The van der Waals surface area contributed by atoms with Gasteiger partial charge in [-0.3, -0.25) is 0 Å². The molecule has 0 unspecified atom stereocenters. The molecule has 21 heavy (non-hydrogen) atoms. The van der Waals surface area contributed by atoms with E-state index >= 15 is 0 Å². The smallest absolute Gasteiger partial charge is 0.341 e. The number of hydrogen-bond donors (Lipinski definition) is 2. The van der Waals surface area contributed by atoms with Crippen molar-refractivity contribution in [3.63, 3.8) is 0 Å². The molecule has 1 saturated heterocycles. The van der Waals surface area contributed by atoms with Crippen molar-refractivity contribution in [1.29, 1.82) is 0 Å². The molecule has 0 aliphatic carbocycles. The molecule has 116 valence electrons. The Bertz CT molecular complexity index is 598. The first-order valence-electron chi connectivity index (χ1n) is 6.52. The molecule has 2 rings (SSSR count). The number of carboxylic acids is 1. The zero-order valence-electron chi connectivity index (χ0n) is 11.3. The standard InChI is InChI=1S/C13H17NO6S/c15-8-10-2-1-7-14(10)21(18,19)12-5-3-11(4-6-12)20-9-13(16)17/h3-6,10,15H,1-2,7-9H2,(H,16,17)/t10-/m1/s1. The lowest BCUT2D eigenvalue weighted by molar-refractivity contribution is -0.139. The molecule has 1 heterocycles. The Morgan fingerprint density at radius 2 is 2.00 bits per heavy atom. The molecule has 0 spiro atoms. The van der Waals surface area contributed by atoms with Gasteiger partial charge in [-0.05, 0) is 37.1 Å². The van der Waals surface area contributed by atoms with Crippen LogP contribution < -0.4 is 4.74 Å². The van der Waals surface area contributed by atoms with Crippen molar-refractivity contribution in [2.45, 2.75) is 23.8 Å². The SMILES string of the molecule is O=C(O)COc1ccc(S(=O)(=O)N2CCC[C@@H]2CO)cc1. The first-order chi connectivity index (χ1) is 9.95. The van der Waals surface area contributed by atoms with Gasteiger partial charge >= 0.3 is 5.97 Å². The minimum atomic E-state index is -3.65. The maximum Gasteiger partial charge on any atom is 0.341 e. The highest BCUT2D eigenvalue weighted by Crippen LogP contribution is 2.26. The average Bonchev–Trinajstić information content (AvgIpc) is 2.94. The van der Waals surface area contributed by atoms with E-state index in [1.807, 2.05) is 0 Å². The second-order valence-electron chi connectivity index (χ2n) is 4.75. The molecule has 1 atom stereocenters. The van der Waals surface area contributed by atoms with Crippen LogP contribution in [-0.2, 0) is 14.8 Å². The number of ether oxygens (including phenoxy) is 1. The molecule has 1 fully saturated rings. The number of benzene rings is 1. The van der Waals surface area contributed by atoms with Crippen molar-refractivity contribution in [3.8, 4) is 5.75 Å². The number of aliphatic hydroxyl groups excluding tert-OH is 1. The van der Waals surface area contributed by atoms with Gasteiger partial charge in [0.25, 0.3) is 0 Å². The van der Waals surface area contributed by atoms with Crippen LogP contribution in [0.3, 0.4) is 0 Å². The number of nitrogens with zero attached hydrogens (tertiary/aromatic N) is 1. The molecule has 1 aliphatic heterocycles. The third-order valence-electron chi connectivity index (χ3n) is 3.33. The zero-order chi connectivity index (χ0) is 15.5. The lowest BCUT2D eigenvalue weighted by Gasteiger charge is -2.22. The van der Waals surface area contributed by atoms with Gasteiger partial charge in [0.05, 0.1) is 11.5 Å². The maximum atomic E-state index is 12.5. The summed E-state index contributed by atoms with van der Waals surface area (Å²) in [5, 5.41) is 17.7. The van der Waals surface area contributed by atoms with E-state index in [9.17, 15) is 18.3 Å². The van der Waals surface area contributed by atoms with Gasteiger partial charge < -0.3 is 14.9 Å². The normalized spacial score (nSPS) is 19.6. The van der Waals surface area contributed by atoms with Gasteiger partial charge in [-0.25, -0.2) is 13.2 Å². The van der Waals surface area contributed by atoms with Crippen molar-refractivity contribution in [3.05, 3.63) is 24.3 Å². The molecule has 0 amide bonds. The molecule has 0 aromatic heterocycles. The highest BCUT2D eigenvalue weighted by atomic mass is 32.2. The number of hydrogen-bond acceptors (Lipinski definition) is 5. The molecule has 0 bridgehead atoms. The fourth-order valence-corrected chi connectivity index (χ4v) is 3.98. The molecule has 0 saturated carbocycles. The molecule has 1 aromatic rings. The fraction of sp³-hybridized carbons (Fsp3) is 0.462. The van der Waals surface area contributed by atoms with Crippen LogP contribution in [0.15, 0.2) is 29.2 Å². The van der Waals surface area contributed by atoms with Gasteiger partial charge in [0, 0.05) is 12.6 Å². The highest BCUT2D eigenvalue weighted by molar-refractivity contribution is 7.89. The first kappa shape index (κ1) is 15.7. The summed E-state index contributed by atoms with van der Waals surface area (Å²) in [4.78, 5) is 10.5. The third kappa shape index (κ3) is 3.52. The summed E-state index contributed by atoms with van der Waals surface area (Å²) in [6, 6.07) is 5.20.